The summed E-state index contributed by atoms with van der Waals surface area (Å²) < 4.78 is 1.20. The Morgan fingerprint density at radius 3 is 2.62 bits per heavy atom. The molecule has 1 atom stereocenters. The Morgan fingerprint density at radius 2 is 2.08 bits per heavy atom. The van der Waals surface area contributed by atoms with Crippen LogP contribution in [0, 0.1) is 5.92 Å². The van der Waals surface area contributed by atoms with Gasteiger partial charge >= 0.3 is 0 Å². The number of hydrogen-bond acceptors (Lipinski definition) is 4. The minimum absolute atomic E-state index is 0. The van der Waals surface area contributed by atoms with Crippen LogP contribution in [-0.2, 0) is 6.54 Å². The fourth-order valence-electron chi connectivity index (χ4n) is 2.50. The van der Waals surface area contributed by atoms with Gasteiger partial charge in [-0.1, -0.05) is 6.92 Å². The van der Waals surface area contributed by atoms with Crippen LogP contribution in [0.2, 0.25) is 0 Å². The molecule has 1 fully saturated rings. The van der Waals surface area contributed by atoms with E-state index in [-0.39, 0.29) is 36.5 Å². The van der Waals surface area contributed by atoms with Crippen LogP contribution in [0.3, 0.4) is 0 Å². The number of nitrogens with one attached hydrogen (secondary N) is 1. The quantitative estimate of drug-likeness (QED) is 0.337. The Morgan fingerprint density at radius 1 is 1.38 bits per heavy atom. The van der Waals surface area contributed by atoms with Gasteiger partial charge in [0, 0.05) is 57.3 Å². The van der Waals surface area contributed by atoms with E-state index in [1.54, 1.807) is 0 Å². The topological polar surface area (TPSA) is 51.1 Å². The molecule has 0 aliphatic carbocycles. The predicted octanol–water partition coefficient (Wildman–Crippen LogP) is 2.84. The Bertz CT molecular complexity index is 506. The number of thiophene rings is 1. The van der Waals surface area contributed by atoms with Crippen molar-refractivity contribution >= 4 is 57.2 Å². The third kappa shape index (κ3) is 7.15. The van der Waals surface area contributed by atoms with Crippen LogP contribution in [-0.4, -0.2) is 66.7 Å². The molecule has 2 N–H and O–H groups in total. The number of rotatable bonds is 6. The Hall–Kier alpha value is 0.1000. The molecule has 1 aromatic heterocycles. The molecule has 1 saturated heterocycles. The van der Waals surface area contributed by atoms with Crippen LogP contribution in [0.4, 0.5) is 0 Å². The lowest BCUT2D eigenvalue weighted by molar-refractivity contribution is 0.173. The standard InChI is InChI=1S/C16H27BrN4OS.HI/c1-3-18-16(19-10-13(2)12-22)21-8-6-20(7-9-21)11-14-4-5-15(17)23-14;/h4-5,13,22H,3,6-12H2,1-2H3,(H,18,19);1H. The first-order valence-electron chi connectivity index (χ1n) is 8.23. The summed E-state index contributed by atoms with van der Waals surface area (Å²) in [5.74, 6) is 1.19. The number of aliphatic hydroxyl groups excluding tert-OH is 1. The SMILES string of the molecule is CCNC(=NCC(C)CO)N1CCN(Cc2ccc(Br)s2)CC1.I. The van der Waals surface area contributed by atoms with Gasteiger partial charge in [-0.2, -0.15) is 0 Å². The molecule has 0 aromatic carbocycles. The molecule has 0 bridgehead atoms. The monoisotopic (exact) mass is 530 g/mol. The van der Waals surface area contributed by atoms with E-state index in [2.05, 4.69) is 55.1 Å². The number of halogens is 2. The molecule has 0 radical (unpaired) electrons. The van der Waals surface area contributed by atoms with Crippen molar-refractivity contribution < 1.29 is 5.11 Å². The summed E-state index contributed by atoms with van der Waals surface area (Å²) in [5, 5.41) is 12.5. The molecule has 24 heavy (non-hydrogen) atoms. The van der Waals surface area contributed by atoms with Gasteiger partial charge in [0.25, 0.3) is 0 Å². The zero-order valence-corrected chi connectivity index (χ0v) is 19.1. The number of aliphatic imine (C=N–C) groups is 1. The van der Waals surface area contributed by atoms with E-state index in [4.69, 9.17) is 5.11 Å². The first-order valence-corrected chi connectivity index (χ1v) is 9.84. The number of nitrogens with zero attached hydrogens (tertiary/aromatic N) is 3. The molecular weight excluding hydrogens is 503 g/mol. The first-order chi connectivity index (χ1) is 11.1. The summed E-state index contributed by atoms with van der Waals surface area (Å²) in [6.45, 7) is 11.0. The lowest BCUT2D eigenvalue weighted by Gasteiger charge is -2.36. The lowest BCUT2D eigenvalue weighted by Crippen LogP contribution is -2.52. The third-order valence-corrected chi connectivity index (χ3v) is 5.49. The van der Waals surface area contributed by atoms with Crippen molar-refractivity contribution in [3.8, 4) is 0 Å². The van der Waals surface area contributed by atoms with Crippen molar-refractivity contribution in [2.75, 3.05) is 45.9 Å². The van der Waals surface area contributed by atoms with Crippen molar-refractivity contribution in [1.82, 2.24) is 15.1 Å². The number of aliphatic hydroxyl groups is 1. The molecule has 138 valence electrons. The smallest absolute Gasteiger partial charge is 0.194 e. The largest absolute Gasteiger partial charge is 0.396 e. The zero-order chi connectivity index (χ0) is 16.7. The van der Waals surface area contributed by atoms with Crippen molar-refractivity contribution in [3.05, 3.63) is 20.8 Å². The van der Waals surface area contributed by atoms with Gasteiger partial charge in [-0.3, -0.25) is 9.89 Å². The fourth-order valence-corrected chi connectivity index (χ4v) is 4.03. The highest BCUT2D eigenvalue weighted by molar-refractivity contribution is 14.0. The summed E-state index contributed by atoms with van der Waals surface area (Å²) in [5.41, 5.74) is 0. The highest BCUT2D eigenvalue weighted by Crippen LogP contribution is 2.23. The van der Waals surface area contributed by atoms with Gasteiger partial charge in [0.1, 0.15) is 0 Å². The maximum atomic E-state index is 9.15. The predicted molar refractivity (Wildman–Crippen MR) is 117 cm³/mol. The van der Waals surface area contributed by atoms with Gasteiger partial charge in [-0.25, -0.2) is 0 Å². The molecular formula is C16H28BrIN4OS. The normalized spacial score (nSPS) is 17.5. The molecule has 5 nitrogen and oxygen atoms in total. The molecule has 1 aliphatic heterocycles. The van der Waals surface area contributed by atoms with Gasteiger partial charge in [0.05, 0.1) is 3.79 Å². The van der Waals surface area contributed by atoms with E-state index in [0.717, 1.165) is 45.2 Å². The van der Waals surface area contributed by atoms with Crippen LogP contribution < -0.4 is 5.32 Å². The molecule has 0 saturated carbocycles. The second kappa shape index (κ2) is 11.7. The average molecular weight is 531 g/mol. The van der Waals surface area contributed by atoms with Gasteiger partial charge in [0.15, 0.2) is 5.96 Å². The van der Waals surface area contributed by atoms with E-state index >= 15 is 0 Å². The summed E-state index contributed by atoms with van der Waals surface area (Å²) in [7, 11) is 0. The van der Waals surface area contributed by atoms with Gasteiger partial charge < -0.3 is 15.3 Å². The number of piperazine rings is 1. The van der Waals surface area contributed by atoms with E-state index in [9.17, 15) is 0 Å². The Balaban J connectivity index is 0.00000288. The Labute approximate surface area is 174 Å². The summed E-state index contributed by atoms with van der Waals surface area (Å²) in [6.07, 6.45) is 0. The van der Waals surface area contributed by atoms with Gasteiger partial charge in [-0.05, 0) is 40.9 Å². The molecule has 1 aliphatic rings. The minimum Gasteiger partial charge on any atom is -0.396 e. The van der Waals surface area contributed by atoms with Crippen molar-refractivity contribution in [2.24, 2.45) is 10.9 Å². The van der Waals surface area contributed by atoms with Crippen LogP contribution in [0.5, 0.6) is 0 Å². The first kappa shape index (κ1) is 22.1. The summed E-state index contributed by atoms with van der Waals surface area (Å²) in [6, 6.07) is 4.32. The Kier molecular flexibility index (Phi) is 10.8. The van der Waals surface area contributed by atoms with E-state index in [0.29, 0.717) is 6.54 Å². The molecule has 2 heterocycles. The molecule has 2 rings (SSSR count). The van der Waals surface area contributed by atoms with Crippen molar-refractivity contribution in [2.45, 2.75) is 20.4 Å². The molecule has 1 unspecified atom stereocenters. The molecule has 8 heteroatoms. The second-order valence-electron chi connectivity index (χ2n) is 5.95. The van der Waals surface area contributed by atoms with Gasteiger partial charge in [0.2, 0.25) is 0 Å². The second-order valence-corrected chi connectivity index (χ2v) is 8.50. The molecule has 0 amide bonds. The number of guanidine groups is 1. The fraction of sp³-hybridized carbons (Fsp3) is 0.688. The van der Waals surface area contributed by atoms with Crippen LogP contribution in [0.25, 0.3) is 0 Å². The highest BCUT2D eigenvalue weighted by Gasteiger charge is 2.20. The lowest BCUT2D eigenvalue weighted by atomic mass is 10.2. The van der Waals surface area contributed by atoms with Gasteiger partial charge in [-0.15, -0.1) is 35.3 Å². The number of hydrogen-bond donors (Lipinski definition) is 2. The molecule has 1 aromatic rings. The van der Waals surface area contributed by atoms with Crippen LogP contribution in [0.1, 0.15) is 18.7 Å². The van der Waals surface area contributed by atoms with E-state index in [1.165, 1.54) is 8.66 Å². The maximum Gasteiger partial charge on any atom is 0.194 e. The summed E-state index contributed by atoms with van der Waals surface area (Å²) >= 11 is 5.34. The van der Waals surface area contributed by atoms with Crippen molar-refractivity contribution in [3.63, 3.8) is 0 Å². The van der Waals surface area contributed by atoms with E-state index < -0.39 is 0 Å². The minimum atomic E-state index is 0. The maximum absolute atomic E-state index is 9.15. The van der Waals surface area contributed by atoms with E-state index in [1.807, 2.05) is 18.3 Å². The summed E-state index contributed by atoms with van der Waals surface area (Å²) in [4.78, 5) is 10.9. The van der Waals surface area contributed by atoms with Crippen LogP contribution in [0.15, 0.2) is 20.9 Å². The average Bonchev–Trinajstić information content (AvgIpc) is 2.97. The third-order valence-electron chi connectivity index (χ3n) is 3.88. The zero-order valence-electron chi connectivity index (χ0n) is 14.4. The van der Waals surface area contributed by atoms with Crippen LogP contribution >= 0.6 is 51.2 Å². The van der Waals surface area contributed by atoms with Crippen molar-refractivity contribution in [1.29, 1.82) is 0 Å². The molecule has 0 spiro atoms. The highest BCUT2D eigenvalue weighted by atomic mass is 127.